The summed E-state index contributed by atoms with van der Waals surface area (Å²) in [5.74, 6) is 0.470. The summed E-state index contributed by atoms with van der Waals surface area (Å²) in [6, 6.07) is 9.05. The number of carbonyl (C=O) groups is 1. The Balaban J connectivity index is 1.94. The largest absolute Gasteiger partial charge is 0.309 e. The number of hydrogen-bond acceptors (Lipinski definition) is 2. The molecule has 2 aromatic rings. The van der Waals surface area contributed by atoms with Crippen molar-refractivity contribution in [2.45, 2.75) is 19.8 Å². The van der Waals surface area contributed by atoms with Crippen LogP contribution in [0.4, 0.5) is 5.82 Å². The van der Waals surface area contributed by atoms with E-state index in [2.05, 4.69) is 15.5 Å². The van der Waals surface area contributed by atoms with E-state index in [1.165, 1.54) is 0 Å². The van der Waals surface area contributed by atoms with Gasteiger partial charge in [0.25, 0.3) is 0 Å². The van der Waals surface area contributed by atoms with Crippen molar-refractivity contribution in [3.05, 3.63) is 46.6 Å². The highest BCUT2D eigenvalue weighted by Crippen LogP contribution is 2.11. The topological polar surface area (TPSA) is 57.8 Å². The van der Waals surface area contributed by atoms with Gasteiger partial charge in [-0.05, 0) is 24.1 Å². The summed E-state index contributed by atoms with van der Waals surface area (Å²) in [7, 11) is 0. The summed E-state index contributed by atoms with van der Waals surface area (Å²) in [6.45, 7) is 2.02. The molecule has 0 aliphatic carbocycles. The Labute approximate surface area is 110 Å². The van der Waals surface area contributed by atoms with Gasteiger partial charge in [0.15, 0.2) is 5.82 Å². The van der Waals surface area contributed by atoms with Crippen LogP contribution in [0.2, 0.25) is 5.02 Å². The van der Waals surface area contributed by atoms with Gasteiger partial charge in [-0.15, -0.1) is 0 Å². The summed E-state index contributed by atoms with van der Waals surface area (Å²) >= 11 is 5.78. The molecule has 0 atom stereocenters. The first-order valence-corrected chi connectivity index (χ1v) is 6.13. The number of nitrogens with one attached hydrogen (secondary N) is 2. The molecule has 1 aromatic carbocycles. The molecule has 0 aliphatic heterocycles. The lowest BCUT2D eigenvalue weighted by Gasteiger charge is -2.02. The number of aromatic amines is 1. The van der Waals surface area contributed by atoms with Gasteiger partial charge in [0.1, 0.15) is 0 Å². The zero-order valence-corrected chi connectivity index (χ0v) is 10.8. The van der Waals surface area contributed by atoms with Gasteiger partial charge in [0, 0.05) is 16.8 Å². The van der Waals surface area contributed by atoms with Crippen molar-refractivity contribution in [1.82, 2.24) is 10.2 Å². The lowest BCUT2D eigenvalue weighted by atomic mass is 10.1. The first-order valence-electron chi connectivity index (χ1n) is 5.76. The van der Waals surface area contributed by atoms with Crippen LogP contribution in [0.5, 0.6) is 0 Å². The fraction of sp³-hybridized carbons (Fsp3) is 0.231. The molecular formula is C13H14ClN3O. The lowest BCUT2D eigenvalue weighted by molar-refractivity contribution is -0.115. The Morgan fingerprint density at radius 2 is 2.11 bits per heavy atom. The Kier molecular flexibility index (Phi) is 3.99. The third-order valence-electron chi connectivity index (χ3n) is 2.56. The molecular weight excluding hydrogens is 250 g/mol. The van der Waals surface area contributed by atoms with Crippen LogP contribution < -0.4 is 5.32 Å². The molecule has 1 aromatic heterocycles. The van der Waals surface area contributed by atoms with Gasteiger partial charge < -0.3 is 5.32 Å². The molecule has 18 heavy (non-hydrogen) atoms. The van der Waals surface area contributed by atoms with Gasteiger partial charge >= 0.3 is 0 Å². The Morgan fingerprint density at radius 1 is 1.39 bits per heavy atom. The molecule has 0 fully saturated rings. The van der Waals surface area contributed by atoms with Crippen molar-refractivity contribution in [3.8, 4) is 0 Å². The number of halogens is 1. The summed E-state index contributed by atoms with van der Waals surface area (Å²) in [6.07, 6.45) is 1.17. The summed E-state index contributed by atoms with van der Waals surface area (Å²) in [5.41, 5.74) is 1.92. The summed E-state index contributed by atoms with van der Waals surface area (Å²) in [5, 5.41) is 10.3. The van der Waals surface area contributed by atoms with Crippen LogP contribution in [-0.2, 0) is 17.6 Å². The molecule has 2 rings (SSSR count). The van der Waals surface area contributed by atoms with Crippen LogP contribution in [-0.4, -0.2) is 16.1 Å². The number of aryl methyl sites for hydroxylation is 1. The summed E-state index contributed by atoms with van der Waals surface area (Å²) < 4.78 is 0. The van der Waals surface area contributed by atoms with Crippen LogP contribution in [0, 0.1) is 0 Å². The zero-order valence-electron chi connectivity index (χ0n) is 10.0. The maximum Gasteiger partial charge on any atom is 0.229 e. The van der Waals surface area contributed by atoms with Crippen LogP contribution in [0.1, 0.15) is 18.2 Å². The molecule has 0 saturated carbocycles. The predicted molar refractivity (Wildman–Crippen MR) is 71.8 cm³/mol. The summed E-state index contributed by atoms with van der Waals surface area (Å²) in [4.78, 5) is 11.8. The van der Waals surface area contributed by atoms with Crippen molar-refractivity contribution in [2.24, 2.45) is 0 Å². The van der Waals surface area contributed by atoms with E-state index in [0.29, 0.717) is 17.3 Å². The van der Waals surface area contributed by atoms with Gasteiger partial charge in [-0.3, -0.25) is 9.89 Å². The molecule has 0 radical (unpaired) electrons. The van der Waals surface area contributed by atoms with E-state index < -0.39 is 0 Å². The van der Waals surface area contributed by atoms with Crippen LogP contribution >= 0.6 is 11.6 Å². The Bertz CT molecular complexity index is 533. The Morgan fingerprint density at radius 3 is 2.72 bits per heavy atom. The monoisotopic (exact) mass is 263 g/mol. The number of carbonyl (C=O) groups excluding carboxylic acids is 1. The highest BCUT2D eigenvalue weighted by Gasteiger charge is 2.06. The van der Waals surface area contributed by atoms with E-state index >= 15 is 0 Å². The van der Waals surface area contributed by atoms with Gasteiger partial charge in [0.2, 0.25) is 5.91 Å². The first kappa shape index (κ1) is 12.6. The maximum absolute atomic E-state index is 11.8. The van der Waals surface area contributed by atoms with Gasteiger partial charge in [-0.2, -0.15) is 5.10 Å². The molecule has 2 N–H and O–H groups in total. The molecule has 94 valence electrons. The van der Waals surface area contributed by atoms with Crippen LogP contribution in [0.15, 0.2) is 30.3 Å². The predicted octanol–water partition coefficient (Wildman–Crippen LogP) is 2.81. The van der Waals surface area contributed by atoms with E-state index in [1.54, 1.807) is 12.1 Å². The first-order chi connectivity index (χ1) is 8.67. The lowest BCUT2D eigenvalue weighted by Crippen LogP contribution is -2.14. The number of rotatable bonds is 4. The molecule has 0 unspecified atom stereocenters. The maximum atomic E-state index is 11.8. The molecule has 0 spiro atoms. The average Bonchev–Trinajstić information content (AvgIpc) is 2.79. The van der Waals surface area contributed by atoms with Gasteiger partial charge in [-0.25, -0.2) is 0 Å². The second-order valence-electron chi connectivity index (χ2n) is 3.98. The van der Waals surface area contributed by atoms with Crippen molar-refractivity contribution >= 4 is 23.3 Å². The minimum Gasteiger partial charge on any atom is -0.309 e. The molecule has 5 heteroatoms. The van der Waals surface area contributed by atoms with Gasteiger partial charge in [-0.1, -0.05) is 30.7 Å². The number of hydrogen-bond donors (Lipinski definition) is 2. The van der Waals surface area contributed by atoms with E-state index in [9.17, 15) is 4.79 Å². The second-order valence-corrected chi connectivity index (χ2v) is 4.42. The highest BCUT2D eigenvalue weighted by molar-refractivity contribution is 6.30. The minimum absolute atomic E-state index is 0.0912. The number of amides is 1. The molecule has 0 aliphatic rings. The van der Waals surface area contributed by atoms with E-state index in [1.807, 2.05) is 25.1 Å². The highest BCUT2D eigenvalue weighted by atomic mass is 35.5. The number of anilines is 1. The number of aromatic nitrogens is 2. The normalized spacial score (nSPS) is 10.3. The molecule has 1 heterocycles. The smallest absolute Gasteiger partial charge is 0.229 e. The fourth-order valence-corrected chi connectivity index (χ4v) is 1.71. The average molecular weight is 264 g/mol. The molecule has 1 amide bonds. The van der Waals surface area contributed by atoms with E-state index in [-0.39, 0.29) is 5.91 Å². The van der Waals surface area contributed by atoms with Crippen molar-refractivity contribution in [1.29, 1.82) is 0 Å². The molecule has 0 bridgehead atoms. The molecule has 0 saturated heterocycles. The van der Waals surface area contributed by atoms with Crippen molar-refractivity contribution < 1.29 is 4.79 Å². The third-order valence-corrected chi connectivity index (χ3v) is 2.81. The van der Waals surface area contributed by atoms with Crippen molar-refractivity contribution in [3.63, 3.8) is 0 Å². The Hall–Kier alpha value is -1.81. The van der Waals surface area contributed by atoms with E-state index in [0.717, 1.165) is 17.7 Å². The van der Waals surface area contributed by atoms with Crippen LogP contribution in [0.3, 0.4) is 0 Å². The quantitative estimate of drug-likeness (QED) is 0.891. The standard InChI is InChI=1S/C13H14ClN3O/c1-2-11-8-12(17-16-11)15-13(18)7-9-3-5-10(14)6-4-9/h3-6,8H,2,7H2,1H3,(H2,15,16,17,18). The fourth-order valence-electron chi connectivity index (χ4n) is 1.58. The second kappa shape index (κ2) is 5.69. The number of H-pyrrole nitrogens is 1. The zero-order chi connectivity index (χ0) is 13.0. The van der Waals surface area contributed by atoms with Crippen molar-refractivity contribution in [2.75, 3.05) is 5.32 Å². The minimum atomic E-state index is -0.0912. The number of benzene rings is 1. The van der Waals surface area contributed by atoms with Gasteiger partial charge in [0.05, 0.1) is 6.42 Å². The SMILES string of the molecule is CCc1cc(NC(=O)Cc2ccc(Cl)cc2)n[nH]1. The third kappa shape index (κ3) is 3.34. The van der Waals surface area contributed by atoms with Crippen LogP contribution in [0.25, 0.3) is 0 Å². The number of nitrogens with zero attached hydrogens (tertiary/aromatic N) is 1. The van der Waals surface area contributed by atoms with E-state index in [4.69, 9.17) is 11.6 Å². The molecule has 4 nitrogen and oxygen atoms in total.